The summed E-state index contributed by atoms with van der Waals surface area (Å²) >= 11 is 0. The summed E-state index contributed by atoms with van der Waals surface area (Å²) in [5.41, 5.74) is 2.61. The molecule has 3 rings (SSSR count). The lowest BCUT2D eigenvalue weighted by Gasteiger charge is -2.19. The Kier molecular flexibility index (Phi) is 4.54. The van der Waals surface area contributed by atoms with Gasteiger partial charge in [0.05, 0.1) is 5.75 Å². The summed E-state index contributed by atoms with van der Waals surface area (Å²) in [6.45, 7) is 3.18. The second kappa shape index (κ2) is 6.60. The first kappa shape index (κ1) is 15.8. The Bertz CT molecular complexity index is 802. The fraction of sp³-hybridized carbons (Fsp3) is 0.294. The minimum Gasteiger partial charge on any atom is -0.486 e. The van der Waals surface area contributed by atoms with Gasteiger partial charge >= 0.3 is 0 Å². The van der Waals surface area contributed by atoms with Gasteiger partial charge in [-0.15, -0.1) is 0 Å². The third-order valence-electron chi connectivity index (χ3n) is 3.71. The van der Waals surface area contributed by atoms with Crippen molar-refractivity contribution in [3.8, 4) is 11.5 Å². The number of fused-ring (bicyclic) bond motifs is 1. The molecular weight excluding hydrogens is 314 g/mol. The molecule has 0 radical (unpaired) electrons. The maximum Gasteiger partial charge on any atom is 0.216 e. The molecule has 0 saturated carbocycles. The van der Waals surface area contributed by atoms with Gasteiger partial charge in [0.1, 0.15) is 13.2 Å². The summed E-state index contributed by atoms with van der Waals surface area (Å²) in [6.07, 6.45) is 0. The molecule has 1 N–H and O–H groups in total. The molecule has 23 heavy (non-hydrogen) atoms. The van der Waals surface area contributed by atoms with E-state index in [2.05, 4.69) is 4.72 Å². The third-order valence-corrected chi connectivity index (χ3v) is 4.98. The number of hydrogen-bond donors (Lipinski definition) is 1. The highest BCUT2D eigenvalue weighted by Gasteiger charge is 2.15. The highest BCUT2D eigenvalue weighted by atomic mass is 32.2. The van der Waals surface area contributed by atoms with E-state index in [-0.39, 0.29) is 12.3 Å². The highest BCUT2D eigenvalue weighted by Crippen LogP contribution is 2.30. The average Bonchev–Trinajstić information content (AvgIpc) is 2.55. The maximum absolute atomic E-state index is 12.2. The first-order valence-corrected chi connectivity index (χ1v) is 9.09. The van der Waals surface area contributed by atoms with Crippen molar-refractivity contribution in [3.63, 3.8) is 0 Å². The molecule has 1 aliphatic heterocycles. The third kappa shape index (κ3) is 4.03. The lowest BCUT2D eigenvalue weighted by molar-refractivity contribution is 0.171. The van der Waals surface area contributed by atoms with E-state index in [1.165, 1.54) is 0 Å². The van der Waals surface area contributed by atoms with E-state index in [1.54, 1.807) is 6.07 Å². The Morgan fingerprint density at radius 1 is 1.04 bits per heavy atom. The molecule has 2 aromatic carbocycles. The first-order chi connectivity index (χ1) is 11.0. The largest absolute Gasteiger partial charge is 0.486 e. The second-order valence-corrected chi connectivity index (χ2v) is 7.29. The van der Waals surface area contributed by atoms with E-state index in [9.17, 15) is 8.42 Å². The van der Waals surface area contributed by atoms with Crippen molar-refractivity contribution in [2.75, 3.05) is 13.2 Å². The van der Waals surface area contributed by atoms with Gasteiger partial charge in [0.15, 0.2) is 11.5 Å². The van der Waals surface area contributed by atoms with Gasteiger partial charge in [-0.2, -0.15) is 0 Å². The van der Waals surface area contributed by atoms with Gasteiger partial charge in [0.2, 0.25) is 10.0 Å². The summed E-state index contributed by atoms with van der Waals surface area (Å²) < 4.78 is 38.1. The van der Waals surface area contributed by atoms with Crippen LogP contribution in [-0.2, 0) is 22.3 Å². The molecule has 0 saturated heterocycles. The van der Waals surface area contributed by atoms with Crippen LogP contribution in [0.1, 0.15) is 16.7 Å². The number of rotatable bonds is 5. The smallest absolute Gasteiger partial charge is 0.216 e. The summed E-state index contributed by atoms with van der Waals surface area (Å²) in [7, 11) is -3.40. The van der Waals surface area contributed by atoms with Crippen molar-refractivity contribution < 1.29 is 17.9 Å². The quantitative estimate of drug-likeness (QED) is 0.912. The molecule has 0 spiro atoms. The van der Waals surface area contributed by atoms with Gasteiger partial charge in [-0.1, -0.05) is 30.3 Å². The molecule has 1 aliphatic rings. The van der Waals surface area contributed by atoms with Crippen molar-refractivity contribution in [1.82, 2.24) is 4.72 Å². The van der Waals surface area contributed by atoms with Crippen LogP contribution in [0.4, 0.5) is 0 Å². The number of aryl methyl sites for hydroxylation is 1. The molecule has 0 aromatic heterocycles. The summed E-state index contributed by atoms with van der Waals surface area (Å²) in [4.78, 5) is 0. The fourth-order valence-electron chi connectivity index (χ4n) is 2.42. The lowest BCUT2D eigenvalue weighted by Crippen LogP contribution is -2.25. The van der Waals surface area contributed by atoms with Gasteiger partial charge in [0, 0.05) is 6.54 Å². The standard InChI is InChI=1S/C17H19NO4S/c1-13-4-2-3-5-15(13)12-23(19,20)18-11-14-6-7-16-17(10-14)22-9-8-21-16/h2-7,10,18H,8-9,11-12H2,1H3. The predicted octanol–water partition coefficient (Wildman–Crippen LogP) is 2.39. The SMILES string of the molecule is Cc1ccccc1CS(=O)(=O)NCc1ccc2c(c1)OCCO2. The average molecular weight is 333 g/mol. The monoisotopic (exact) mass is 333 g/mol. The molecule has 6 heteroatoms. The Labute approximate surface area is 136 Å². The summed E-state index contributed by atoms with van der Waals surface area (Å²) in [5.74, 6) is 1.33. The fourth-order valence-corrected chi connectivity index (χ4v) is 3.64. The Hall–Kier alpha value is -2.05. The van der Waals surface area contributed by atoms with Gasteiger partial charge in [-0.3, -0.25) is 0 Å². The van der Waals surface area contributed by atoms with Crippen LogP contribution >= 0.6 is 0 Å². The van der Waals surface area contributed by atoms with Crippen molar-refractivity contribution in [2.45, 2.75) is 19.2 Å². The minimum absolute atomic E-state index is 0.0236. The van der Waals surface area contributed by atoms with E-state index in [0.29, 0.717) is 24.7 Å². The highest BCUT2D eigenvalue weighted by molar-refractivity contribution is 7.88. The zero-order chi connectivity index (χ0) is 16.3. The van der Waals surface area contributed by atoms with E-state index in [4.69, 9.17) is 9.47 Å². The van der Waals surface area contributed by atoms with Crippen LogP contribution in [0.25, 0.3) is 0 Å². The van der Waals surface area contributed by atoms with Gasteiger partial charge in [0.25, 0.3) is 0 Å². The van der Waals surface area contributed by atoms with Crippen LogP contribution in [-0.4, -0.2) is 21.6 Å². The van der Waals surface area contributed by atoms with E-state index >= 15 is 0 Å². The van der Waals surface area contributed by atoms with Crippen LogP contribution < -0.4 is 14.2 Å². The number of nitrogens with one attached hydrogen (secondary N) is 1. The first-order valence-electron chi connectivity index (χ1n) is 7.44. The molecule has 0 fully saturated rings. The van der Waals surface area contributed by atoms with Crippen LogP contribution in [0.5, 0.6) is 11.5 Å². The molecule has 0 bridgehead atoms. The minimum atomic E-state index is -3.40. The normalized spacial score (nSPS) is 13.8. The van der Waals surface area contributed by atoms with Crippen LogP contribution in [0.3, 0.4) is 0 Å². The zero-order valence-corrected chi connectivity index (χ0v) is 13.7. The molecule has 2 aromatic rings. The van der Waals surface area contributed by atoms with Crippen LogP contribution in [0, 0.1) is 6.92 Å². The van der Waals surface area contributed by atoms with Gasteiger partial charge in [-0.25, -0.2) is 13.1 Å². The lowest BCUT2D eigenvalue weighted by atomic mass is 10.1. The Morgan fingerprint density at radius 2 is 1.78 bits per heavy atom. The van der Waals surface area contributed by atoms with Crippen LogP contribution in [0.15, 0.2) is 42.5 Å². The summed E-state index contributed by atoms with van der Waals surface area (Å²) in [6, 6.07) is 12.9. The van der Waals surface area contributed by atoms with Crippen LogP contribution in [0.2, 0.25) is 0 Å². The topological polar surface area (TPSA) is 64.6 Å². The zero-order valence-electron chi connectivity index (χ0n) is 12.9. The Balaban J connectivity index is 1.66. The molecule has 1 heterocycles. The molecule has 122 valence electrons. The predicted molar refractivity (Wildman–Crippen MR) is 88.1 cm³/mol. The number of sulfonamides is 1. The number of hydrogen-bond acceptors (Lipinski definition) is 4. The maximum atomic E-state index is 12.2. The van der Waals surface area contributed by atoms with Crippen molar-refractivity contribution in [2.24, 2.45) is 0 Å². The Morgan fingerprint density at radius 3 is 2.57 bits per heavy atom. The van der Waals surface area contributed by atoms with Crippen molar-refractivity contribution in [1.29, 1.82) is 0 Å². The molecular formula is C17H19NO4S. The van der Waals surface area contributed by atoms with Crippen molar-refractivity contribution >= 4 is 10.0 Å². The molecule has 5 nitrogen and oxygen atoms in total. The molecule has 0 atom stereocenters. The van der Waals surface area contributed by atoms with E-state index < -0.39 is 10.0 Å². The van der Waals surface area contributed by atoms with Gasteiger partial charge < -0.3 is 9.47 Å². The van der Waals surface area contributed by atoms with E-state index in [0.717, 1.165) is 16.7 Å². The molecule has 0 aliphatic carbocycles. The molecule has 0 unspecified atom stereocenters. The van der Waals surface area contributed by atoms with Crippen molar-refractivity contribution in [3.05, 3.63) is 59.2 Å². The van der Waals surface area contributed by atoms with E-state index in [1.807, 2.05) is 43.3 Å². The molecule has 0 amide bonds. The second-order valence-electron chi connectivity index (χ2n) is 5.48. The summed E-state index contributed by atoms with van der Waals surface area (Å²) in [5, 5.41) is 0. The number of benzene rings is 2. The van der Waals surface area contributed by atoms with Gasteiger partial charge in [-0.05, 0) is 35.7 Å². The number of ether oxygens (including phenoxy) is 2.